The van der Waals surface area contributed by atoms with Gasteiger partial charge in [0.15, 0.2) is 0 Å². The highest BCUT2D eigenvalue weighted by Gasteiger charge is 2.44. The van der Waals surface area contributed by atoms with Crippen molar-refractivity contribution in [3.63, 3.8) is 0 Å². The molecule has 0 bridgehead atoms. The lowest BCUT2D eigenvalue weighted by atomic mass is 9.80. The van der Waals surface area contributed by atoms with Gasteiger partial charge in [0.05, 0.1) is 48.7 Å². The van der Waals surface area contributed by atoms with Crippen molar-refractivity contribution in [2.45, 2.75) is 129 Å². The Bertz CT molecular complexity index is 5690. The van der Waals surface area contributed by atoms with Gasteiger partial charge in [-0.3, -0.25) is 48.4 Å². The fourth-order valence-electron chi connectivity index (χ4n) is 16.3. The molecule has 4 fully saturated rings. The Kier molecular flexibility index (Phi) is 20.9. The minimum Gasteiger partial charge on any atom is -0.491 e. The van der Waals surface area contributed by atoms with E-state index in [0.717, 1.165) is 32.1 Å². The van der Waals surface area contributed by atoms with Crippen molar-refractivity contribution in [1.29, 1.82) is 0 Å². The van der Waals surface area contributed by atoms with Crippen LogP contribution in [0.2, 0.25) is 0 Å². The predicted octanol–water partition coefficient (Wildman–Crippen LogP) is 21.1. The van der Waals surface area contributed by atoms with Crippen LogP contribution in [0.25, 0.3) is 43.1 Å². The van der Waals surface area contributed by atoms with Gasteiger partial charge in [0.25, 0.3) is 35.4 Å². The van der Waals surface area contributed by atoms with Crippen LogP contribution in [0, 0.1) is 0 Å². The topological polar surface area (TPSA) is 239 Å². The van der Waals surface area contributed by atoms with Crippen LogP contribution in [0.5, 0.6) is 69.0 Å². The first-order valence-electron chi connectivity index (χ1n) is 42.6. The second kappa shape index (κ2) is 32.0. The van der Waals surface area contributed by atoms with E-state index in [1.54, 1.807) is 121 Å². The Hall–Kier alpha value is -13.4. The second-order valence-electron chi connectivity index (χ2n) is 37.1. The Morgan fingerprint density at radius 3 is 0.659 bits per heavy atom. The normalized spacial score (nSPS) is 17.1. The number of anilines is 4. The molecule has 0 radical (unpaired) electrons. The Morgan fingerprint density at radius 1 is 0.286 bits per heavy atom. The first kappa shape index (κ1) is 82.2. The van der Waals surface area contributed by atoms with Crippen LogP contribution in [-0.2, 0) is 50.2 Å². The average molecular weight is 1690 g/mol. The molecule has 13 aromatic carbocycles. The zero-order valence-electron chi connectivity index (χ0n) is 72.3. The Balaban J connectivity index is 0.848. The van der Waals surface area contributed by atoms with E-state index in [-0.39, 0.29) is 134 Å². The number of amides is 6. The molecule has 4 unspecified atom stereocenters. The maximum atomic E-state index is 16.7. The second-order valence-corrected chi connectivity index (χ2v) is 37.1. The number of fused-ring (bicyclic) bond motifs is 2. The van der Waals surface area contributed by atoms with Gasteiger partial charge in [0.2, 0.25) is 0 Å². The number of rotatable bonds is 28. The van der Waals surface area contributed by atoms with Crippen molar-refractivity contribution in [2.24, 2.45) is 0 Å². The van der Waals surface area contributed by atoms with E-state index in [1.807, 2.05) is 97.1 Å². The Morgan fingerprint density at radius 2 is 0.476 bits per heavy atom. The third kappa shape index (κ3) is 16.6. The molecular weight excluding hydrogens is 1590 g/mol. The summed E-state index contributed by atoms with van der Waals surface area (Å²) in [5.41, 5.74) is 4.33. The molecule has 0 aromatic heterocycles. The number of imide groups is 2. The molecule has 4 saturated heterocycles. The van der Waals surface area contributed by atoms with Gasteiger partial charge in [0.1, 0.15) is 133 Å². The number of carbonyl (C=O) groups excluding carboxylic acids is 6. The lowest BCUT2D eigenvalue weighted by Gasteiger charge is -2.33. The minimum absolute atomic E-state index is 0.0178. The lowest BCUT2D eigenvalue weighted by molar-refractivity contribution is -0.119. The largest absolute Gasteiger partial charge is 0.491 e. The summed E-state index contributed by atoms with van der Waals surface area (Å²) < 4.78 is 75.7. The van der Waals surface area contributed by atoms with E-state index >= 15 is 28.8 Å². The summed E-state index contributed by atoms with van der Waals surface area (Å²) >= 11 is 0. The molecule has 0 saturated carbocycles. The van der Waals surface area contributed by atoms with Crippen molar-refractivity contribution in [2.75, 3.05) is 75.7 Å². The summed E-state index contributed by atoms with van der Waals surface area (Å²) in [6.45, 7) is 27.5. The fraction of sp³-hybridized carbons (Fsp3) is 0.288. The molecule has 4 atom stereocenters. The molecular formula is C104H96N4O18. The molecule has 126 heavy (non-hydrogen) atoms. The monoisotopic (exact) mass is 1690 g/mol. The molecule has 0 aliphatic carbocycles. The maximum Gasteiger partial charge on any atom is 0.262 e. The average Bonchev–Trinajstić information content (AvgIpc) is 1.32. The summed E-state index contributed by atoms with van der Waals surface area (Å²) in [5, 5.41) is 1.92. The number of ether oxygens (including phenoxy) is 12. The zero-order chi connectivity index (χ0) is 87.6. The maximum absolute atomic E-state index is 16.7. The number of epoxide rings is 4. The molecule has 22 heteroatoms. The molecule has 6 amide bonds. The minimum atomic E-state index is -0.836. The van der Waals surface area contributed by atoms with Crippen molar-refractivity contribution in [1.82, 2.24) is 9.80 Å². The van der Waals surface area contributed by atoms with Crippen LogP contribution in [0.1, 0.15) is 147 Å². The number of carbonyl (C=O) groups is 6. The van der Waals surface area contributed by atoms with Crippen molar-refractivity contribution in [3.8, 4) is 69.0 Å². The van der Waals surface area contributed by atoms with Gasteiger partial charge in [-0.05, 0) is 214 Å². The Labute approximate surface area is 729 Å². The molecule has 22 nitrogen and oxygen atoms in total. The van der Waals surface area contributed by atoms with Gasteiger partial charge >= 0.3 is 0 Å². The van der Waals surface area contributed by atoms with Gasteiger partial charge in [-0.15, -0.1) is 0 Å². The SMILES string of the molecule is CC(C)(C)c1ccc(Oc2cc3c4c(cc(Oc5ccc(C(C)(C)C)cc5)c5c6c(Oc7ccc(C(C)(C)C)cc7)cc7c8c(cc(Oc9ccc(C(C)(C)C)cc9)c(c2c45)c86)C(=O)N(CC(=O)N(c2ccc(OCC4CO4)cc2)c2ccc(OCC4CO4)cc2)C7=O)C(=O)N(CC(=O)N(c2ccc(OCC4CO4)cc2)c2ccc(OCC4CO4)cc2)C3=O)cc1. The van der Waals surface area contributed by atoms with E-state index in [1.165, 1.54) is 9.80 Å². The van der Waals surface area contributed by atoms with Crippen molar-refractivity contribution in [3.05, 3.63) is 263 Å². The van der Waals surface area contributed by atoms with Crippen LogP contribution in [0.4, 0.5) is 22.7 Å². The van der Waals surface area contributed by atoms with Gasteiger partial charge in [0, 0.05) is 65.8 Å². The molecule has 6 heterocycles. The van der Waals surface area contributed by atoms with Crippen LogP contribution in [-0.4, -0.2) is 136 Å². The number of hydrogen-bond donors (Lipinski definition) is 0. The lowest BCUT2D eigenvalue weighted by Crippen LogP contribution is -2.46. The van der Waals surface area contributed by atoms with Gasteiger partial charge in [-0.1, -0.05) is 132 Å². The van der Waals surface area contributed by atoms with E-state index in [2.05, 4.69) is 83.1 Å². The molecule has 19 rings (SSSR count). The molecule has 0 N–H and O–H groups in total. The highest BCUT2D eigenvalue weighted by atomic mass is 16.6. The van der Waals surface area contributed by atoms with Gasteiger partial charge in [-0.2, -0.15) is 0 Å². The first-order chi connectivity index (χ1) is 60.4. The van der Waals surface area contributed by atoms with Gasteiger partial charge < -0.3 is 56.8 Å². The summed E-state index contributed by atoms with van der Waals surface area (Å²) in [7, 11) is 0. The first-order valence-corrected chi connectivity index (χ1v) is 42.6. The van der Waals surface area contributed by atoms with E-state index in [4.69, 9.17) is 56.8 Å². The van der Waals surface area contributed by atoms with Crippen molar-refractivity contribution < 1.29 is 85.6 Å². The van der Waals surface area contributed by atoms with Crippen molar-refractivity contribution >= 4 is 101 Å². The summed E-state index contributed by atoms with van der Waals surface area (Å²) in [4.78, 5) is 103. The van der Waals surface area contributed by atoms with E-state index < -0.39 is 48.5 Å². The zero-order valence-corrected chi connectivity index (χ0v) is 72.3. The molecule has 13 aromatic rings. The number of nitrogens with zero attached hydrogens (tertiary/aromatic N) is 4. The third-order valence-corrected chi connectivity index (χ3v) is 23.7. The molecule has 6 aliphatic rings. The highest BCUT2D eigenvalue weighted by molar-refractivity contribution is 6.45. The molecule has 640 valence electrons. The van der Waals surface area contributed by atoms with E-state index in [0.29, 0.717) is 122 Å². The smallest absolute Gasteiger partial charge is 0.262 e. The summed E-state index contributed by atoms with van der Waals surface area (Å²) in [6, 6.07) is 64.8. The predicted molar refractivity (Wildman–Crippen MR) is 480 cm³/mol. The third-order valence-electron chi connectivity index (χ3n) is 23.7. The number of benzene rings is 13. The van der Waals surface area contributed by atoms with Crippen LogP contribution in [0.15, 0.2) is 218 Å². The van der Waals surface area contributed by atoms with Crippen LogP contribution >= 0.6 is 0 Å². The fourth-order valence-corrected chi connectivity index (χ4v) is 16.3. The quantitative estimate of drug-likeness (QED) is 0.0192. The summed E-state index contributed by atoms with van der Waals surface area (Å²) in [5.74, 6) is -0.880. The number of hydrogen-bond acceptors (Lipinski definition) is 18. The van der Waals surface area contributed by atoms with Crippen LogP contribution < -0.4 is 47.7 Å². The molecule has 6 aliphatic heterocycles. The van der Waals surface area contributed by atoms with E-state index in [9.17, 15) is 0 Å². The summed E-state index contributed by atoms with van der Waals surface area (Å²) in [6.07, 6.45) is -0.0714. The van der Waals surface area contributed by atoms with Crippen LogP contribution in [0.3, 0.4) is 0 Å². The van der Waals surface area contributed by atoms with Gasteiger partial charge in [-0.25, -0.2) is 0 Å². The standard InChI is InChI=1S/C104H96N4O18/c1-101(2,3)59-13-29-71(30-14-59)123-83-45-79-89-80(98(112)105(97(79)111)49-87(109)107(63-21-37-67(38-22-63)115-51-75-55-119-75)64-23-39-68(40-24-64)116-52-76-56-120-76)47-85(125-73-33-17-61(18-34-73)103(7,8)9)93-94-86(126-74-35-19-62(20-36-74)104(10,11)12)48-82-90-81(46-84(92(96(90)94)91(83)95(89)93)124-72-31-15-60(16-32-72)102(4,5)6)99(113)106(100(82)114)50-88(110)108(65-25-41-69(42-26-65)117-53-77-57-121-77)66-27-43-70(44-28-66)118-54-78-58-122-78/h13-48,75-78H,49-58H2,1-12H3. The molecule has 0 spiro atoms. The highest BCUT2D eigenvalue weighted by Crippen LogP contribution is 2.59.